The van der Waals surface area contributed by atoms with Crippen molar-refractivity contribution in [1.29, 1.82) is 0 Å². The van der Waals surface area contributed by atoms with E-state index in [4.69, 9.17) is 29.4 Å². The van der Waals surface area contributed by atoms with Gasteiger partial charge in [-0.15, -0.1) is 45.3 Å². The van der Waals surface area contributed by atoms with Crippen LogP contribution in [-0.2, 0) is 77.8 Å². The number of fused-ring (bicyclic) bond motifs is 2. The van der Waals surface area contributed by atoms with Crippen molar-refractivity contribution in [3.63, 3.8) is 0 Å². The molecular weight excluding hydrogens is 1560 g/mol. The van der Waals surface area contributed by atoms with Gasteiger partial charge in [0, 0.05) is 58.9 Å². The number of nitrogens with zero attached hydrogens (tertiary/aromatic N) is 2. The first-order valence-corrected chi connectivity index (χ1v) is 35.9. The maximum Gasteiger partial charge on any atom is 0.488 e. The molecule has 2 aliphatic heterocycles. The molecule has 0 saturated heterocycles. The van der Waals surface area contributed by atoms with Crippen LogP contribution in [0.15, 0.2) is 184 Å². The molecule has 0 radical (unpaired) electrons. The second kappa shape index (κ2) is 41.2. The van der Waals surface area contributed by atoms with E-state index in [9.17, 15) is 71.9 Å². The van der Waals surface area contributed by atoms with Crippen LogP contribution in [-0.4, -0.2) is 103 Å². The Morgan fingerprint density at radius 2 is 0.804 bits per heavy atom. The van der Waals surface area contributed by atoms with Gasteiger partial charge in [-0.05, 0) is 211 Å². The maximum atomic E-state index is 12.8. The van der Waals surface area contributed by atoms with Crippen molar-refractivity contribution in [2.75, 3.05) is 46.0 Å². The first kappa shape index (κ1) is 89.2. The van der Waals surface area contributed by atoms with Gasteiger partial charge in [-0.3, -0.25) is 19.4 Å². The van der Waals surface area contributed by atoms with E-state index >= 15 is 0 Å². The number of ether oxygens (including phenoxy) is 3. The number of aliphatic carboxylic acids is 1. The highest BCUT2D eigenvalue weighted by Gasteiger charge is 2.33. The second-order valence-electron chi connectivity index (χ2n) is 23.2. The predicted molar refractivity (Wildman–Crippen MR) is 402 cm³/mol. The fourth-order valence-electron chi connectivity index (χ4n) is 10.5. The van der Waals surface area contributed by atoms with Crippen LogP contribution in [0.5, 0.6) is 11.5 Å². The number of alkyl halides is 12. The van der Waals surface area contributed by atoms with Gasteiger partial charge in [-0.2, -0.15) is 52.7 Å². The summed E-state index contributed by atoms with van der Waals surface area (Å²) in [6.07, 6.45) is -12.3. The molecule has 6 aromatic carbocycles. The lowest BCUT2D eigenvalue weighted by Gasteiger charge is -2.18. The predicted octanol–water partition coefficient (Wildman–Crippen LogP) is 20.3. The molecule has 0 bridgehead atoms. The number of hydrogen-bond donors (Lipinski definition) is 3. The number of rotatable bonds is 17. The number of carbonyl (C=O) groups is 4. The molecule has 3 N–H and O–H groups in total. The Morgan fingerprint density at radius 1 is 0.458 bits per heavy atom. The lowest BCUT2D eigenvalue weighted by atomic mass is 9.80. The van der Waals surface area contributed by atoms with Gasteiger partial charge < -0.3 is 29.4 Å². The Labute approximate surface area is 636 Å². The van der Waals surface area contributed by atoms with Crippen molar-refractivity contribution in [1.82, 2.24) is 9.80 Å². The normalized spacial score (nSPS) is 12.8. The fraction of sp³-hybridized carbons (Fsp3) is 0.273. The van der Waals surface area contributed by atoms with Gasteiger partial charge in [0.2, 0.25) is 0 Å². The van der Waals surface area contributed by atoms with Crippen LogP contribution in [0, 0.1) is 0 Å². The monoisotopic (exact) mass is 1630 g/mol. The van der Waals surface area contributed by atoms with E-state index in [1.165, 1.54) is 86.2 Å². The summed E-state index contributed by atoms with van der Waals surface area (Å²) in [6.45, 7) is 6.79. The molecule has 12 rings (SSSR count). The van der Waals surface area contributed by atoms with E-state index in [2.05, 4.69) is 37.9 Å². The smallest absolute Gasteiger partial charge is 0.482 e. The van der Waals surface area contributed by atoms with E-state index in [0.717, 1.165) is 180 Å². The van der Waals surface area contributed by atoms with E-state index < -0.39 is 60.0 Å². The van der Waals surface area contributed by atoms with Gasteiger partial charge in [-0.25, -0.2) is 9.59 Å². The number of thiophene rings is 4. The number of aldehydes is 2. The molecule has 2 aliphatic rings. The number of esters is 1. The number of carbonyl (C=O) groups excluding carboxylic acids is 3. The molecule has 0 fully saturated rings. The summed E-state index contributed by atoms with van der Waals surface area (Å²) < 4.78 is 166. The average Bonchev–Trinajstić information content (AvgIpc) is 1.55. The Kier molecular flexibility index (Phi) is 34.3. The first-order chi connectivity index (χ1) is 49.3. The summed E-state index contributed by atoms with van der Waals surface area (Å²) in [4.78, 5) is 51.1. The molecule has 0 amide bonds. The highest BCUT2D eigenvalue weighted by atomic mass is 79.9. The minimum atomic E-state index is -4.39. The maximum absolute atomic E-state index is 12.8. The third-order valence-electron chi connectivity index (χ3n) is 15.8. The van der Waals surface area contributed by atoms with E-state index in [0.29, 0.717) is 28.5 Å². The fourth-order valence-corrected chi connectivity index (χ4v) is 14.3. The lowest BCUT2D eigenvalue weighted by Crippen LogP contribution is -2.29. The second-order valence-corrected chi connectivity index (χ2v) is 27.9. The number of carboxylic acids is 1. The van der Waals surface area contributed by atoms with Crippen LogP contribution in [0.3, 0.4) is 0 Å². The van der Waals surface area contributed by atoms with Gasteiger partial charge in [0.15, 0.2) is 25.8 Å². The Bertz CT molecular complexity index is 4430. The zero-order valence-electron chi connectivity index (χ0n) is 54.9. The number of halogens is 13. The highest BCUT2D eigenvalue weighted by molar-refractivity contribution is 9.10. The molecule has 4 aromatic heterocycles. The summed E-state index contributed by atoms with van der Waals surface area (Å²) >= 11 is 9.16. The summed E-state index contributed by atoms with van der Waals surface area (Å²) in [5.74, 6) is -0.147. The molecule has 0 atom stereocenters. The van der Waals surface area contributed by atoms with Gasteiger partial charge >= 0.3 is 43.8 Å². The molecule has 0 unspecified atom stereocenters. The summed E-state index contributed by atoms with van der Waals surface area (Å²) in [5, 5.41) is 33.6. The molecular formula is C77H76BBrF12N2O10S4. The Balaban J connectivity index is 0.000000258. The molecule has 0 aliphatic carbocycles. The summed E-state index contributed by atoms with van der Waals surface area (Å²) in [5.41, 5.74) is 7.05. The van der Waals surface area contributed by atoms with Crippen LogP contribution in [0.4, 0.5) is 52.7 Å². The summed E-state index contributed by atoms with van der Waals surface area (Å²) in [7, 11) is -1.73. The largest absolute Gasteiger partial charge is 0.488 e. The molecule has 0 saturated carbocycles. The molecule has 107 heavy (non-hydrogen) atoms. The standard InChI is InChI=1S/C26H26F3NO3S.C24H22F3NO3S.C12H7F3OS.C7H6BF3O2.C5H3BrOS.3CH4/c1-2-32-25(31)16-33-23-8-5-19-9-11-30(12-10-20(19)13-23)15-24-14-21(17-34-24)18-3-6-22(7-4-18)26(27,28)29;25-24(26,27)20-4-1-16(2-5-20)19-12-22(32-15-19)13-28-9-7-17-3-6-21(31-14-23(29)30)11-18(17)8-10-28;13-12(14,15)10-3-1-8(2-4-10)9-5-11(6-16)17-7-9;9-7(10,11)5-1-3-6(4-2-5)8(12)13;6-4-1-5(2-7)8-3-4;;;/h3-8,13-14,17H,2,9-12,15-16H2,1H3;1-6,11-12,15H,7-10,13-14H2,(H,29,30);1-7H;1-4,12-13H;1-3H;3*1H4. The van der Waals surface area contributed by atoms with Crippen LogP contribution >= 0.6 is 61.3 Å². The van der Waals surface area contributed by atoms with Gasteiger partial charge in [0.05, 0.1) is 38.6 Å². The van der Waals surface area contributed by atoms with Crippen molar-refractivity contribution in [2.24, 2.45) is 0 Å². The van der Waals surface area contributed by atoms with Crippen LogP contribution in [0.1, 0.15) is 103 Å². The Morgan fingerprint density at radius 3 is 1.13 bits per heavy atom. The van der Waals surface area contributed by atoms with Crippen LogP contribution in [0.2, 0.25) is 0 Å². The van der Waals surface area contributed by atoms with E-state index in [1.54, 1.807) is 47.1 Å². The summed E-state index contributed by atoms with van der Waals surface area (Å²) in [6, 6.07) is 38.3. The van der Waals surface area contributed by atoms with Crippen LogP contribution < -0.4 is 14.9 Å². The van der Waals surface area contributed by atoms with Crippen molar-refractivity contribution in [3.8, 4) is 44.9 Å². The lowest BCUT2D eigenvalue weighted by molar-refractivity contribution is -0.145. The minimum absolute atomic E-state index is 0. The van der Waals surface area contributed by atoms with Crippen molar-refractivity contribution in [3.05, 3.63) is 248 Å². The third-order valence-corrected chi connectivity index (χ3v) is 20.2. The van der Waals surface area contributed by atoms with Gasteiger partial charge in [0.25, 0.3) is 0 Å². The molecule has 6 heterocycles. The van der Waals surface area contributed by atoms with Crippen molar-refractivity contribution in [2.45, 2.75) is 92.7 Å². The van der Waals surface area contributed by atoms with Crippen molar-refractivity contribution >= 4 is 98.4 Å². The van der Waals surface area contributed by atoms with Crippen LogP contribution in [0.25, 0.3) is 33.4 Å². The molecule has 12 nitrogen and oxygen atoms in total. The zero-order chi connectivity index (χ0) is 75.4. The quantitative estimate of drug-likeness (QED) is 0.0343. The third kappa shape index (κ3) is 27.9. The highest BCUT2D eigenvalue weighted by Crippen LogP contribution is 2.37. The van der Waals surface area contributed by atoms with Gasteiger partial charge in [0.1, 0.15) is 11.5 Å². The number of hydrogen-bond acceptors (Lipinski definition) is 15. The Hall–Kier alpha value is -8.46. The topological polar surface area (TPSA) is 163 Å². The zero-order valence-corrected chi connectivity index (χ0v) is 59.7. The number of carboxylic acid groups (broad SMARTS) is 1. The molecule has 572 valence electrons. The molecule has 0 spiro atoms. The van der Waals surface area contributed by atoms with Crippen molar-refractivity contribution < 1.29 is 101 Å². The molecule has 30 heteroatoms. The van der Waals surface area contributed by atoms with Gasteiger partial charge in [-0.1, -0.05) is 95.1 Å². The first-order valence-electron chi connectivity index (χ1n) is 31.6. The number of benzene rings is 6. The SMILES string of the molecule is C.C.C.CCOC(=O)COc1ccc2c(c1)CCN(Cc1cc(-c3ccc(C(F)(F)F)cc3)cs1)CC2.O=C(O)COc1ccc2c(c1)CCN(Cc1cc(-c3ccc(C(F)(F)F)cc3)cs1)CC2.O=Cc1cc(-c2ccc(C(F)(F)F)cc2)cs1.O=Cc1cc(Br)cs1.OB(O)c1ccc(C(F)(F)F)cc1. The minimum Gasteiger partial charge on any atom is -0.482 e. The molecule has 10 aromatic rings. The average molecular weight is 1640 g/mol. The van der Waals surface area contributed by atoms with E-state index in [-0.39, 0.29) is 46.9 Å². The van der Waals surface area contributed by atoms with E-state index in [1.807, 2.05) is 52.5 Å².